The SMILES string of the molecule is CS(=O)(=O)N(CC(=O)NCc1ccccc1CN1CCCC1)c1ccc(C(F)(F)F)cc1. The van der Waals surface area contributed by atoms with Crippen molar-refractivity contribution in [1.82, 2.24) is 10.2 Å². The van der Waals surface area contributed by atoms with Crippen molar-refractivity contribution < 1.29 is 26.4 Å². The van der Waals surface area contributed by atoms with Crippen LogP contribution >= 0.6 is 0 Å². The van der Waals surface area contributed by atoms with Crippen LogP contribution < -0.4 is 9.62 Å². The monoisotopic (exact) mass is 469 g/mol. The van der Waals surface area contributed by atoms with E-state index in [2.05, 4.69) is 10.2 Å². The van der Waals surface area contributed by atoms with Crippen LogP contribution in [-0.2, 0) is 34.1 Å². The molecule has 1 N–H and O–H groups in total. The number of rotatable bonds is 8. The van der Waals surface area contributed by atoms with Gasteiger partial charge in [-0.05, 0) is 61.3 Å². The molecule has 1 heterocycles. The number of carbonyl (C=O) groups excluding carboxylic acids is 1. The Bertz CT molecular complexity index is 1030. The molecular formula is C22H26F3N3O3S. The first-order valence-electron chi connectivity index (χ1n) is 10.2. The molecule has 1 amide bonds. The molecule has 0 radical (unpaired) electrons. The zero-order valence-corrected chi connectivity index (χ0v) is 18.5. The molecule has 0 spiro atoms. The molecule has 0 atom stereocenters. The van der Waals surface area contributed by atoms with Gasteiger partial charge < -0.3 is 5.32 Å². The van der Waals surface area contributed by atoms with E-state index in [1.54, 1.807) is 0 Å². The van der Waals surface area contributed by atoms with E-state index in [1.165, 1.54) is 12.8 Å². The van der Waals surface area contributed by atoms with Crippen LogP contribution in [0.2, 0.25) is 0 Å². The van der Waals surface area contributed by atoms with Crippen LogP contribution in [0.3, 0.4) is 0 Å². The minimum atomic E-state index is -4.53. The molecule has 0 aromatic heterocycles. The third-order valence-corrected chi connectivity index (χ3v) is 6.50. The minimum absolute atomic E-state index is 0.00918. The molecule has 1 aliphatic rings. The van der Waals surface area contributed by atoms with Crippen LogP contribution in [-0.4, -0.2) is 45.1 Å². The van der Waals surface area contributed by atoms with Gasteiger partial charge in [-0.1, -0.05) is 24.3 Å². The molecule has 10 heteroatoms. The summed E-state index contributed by atoms with van der Waals surface area (Å²) in [6.07, 6.45) is -1.29. The smallest absolute Gasteiger partial charge is 0.350 e. The summed E-state index contributed by atoms with van der Waals surface area (Å²) in [6.45, 7) is 2.56. The first-order valence-corrected chi connectivity index (χ1v) is 12.1. The van der Waals surface area contributed by atoms with E-state index >= 15 is 0 Å². The van der Waals surface area contributed by atoms with E-state index in [9.17, 15) is 26.4 Å². The highest BCUT2D eigenvalue weighted by molar-refractivity contribution is 7.92. The Morgan fingerprint density at radius 1 is 1.03 bits per heavy atom. The maximum absolute atomic E-state index is 12.8. The molecule has 0 bridgehead atoms. The van der Waals surface area contributed by atoms with Crippen LogP contribution in [0.1, 0.15) is 29.5 Å². The molecule has 1 fully saturated rings. The van der Waals surface area contributed by atoms with Gasteiger partial charge in [-0.3, -0.25) is 14.0 Å². The highest BCUT2D eigenvalue weighted by Gasteiger charge is 2.31. The maximum atomic E-state index is 12.8. The fraction of sp³-hybridized carbons (Fsp3) is 0.409. The molecule has 32 heavy (non-hydrogen) atoms. The standard InChI is InChI=1S/C22H26F3N3O3S/c1-32(30,31)28(20-10-8-19(9-11-20)22(23,24)25)16-21(29)26-14-17-6-2-3-7-18(17)15-27-12-4-5-13-27/h2-3,6-11H,4-5,12-16H2,1H3,(H,26,29). The molecule has 0 unspecified atom stereocenters. The normalized spacial score (nSPS) is 15.0. The summed E-state index contributed by atoms with van der Waals surface area (Å²) >= 11 is 0. The van der Waals surface area contributed by atoms with Crippen molar-refractivity contribution in [3.63, 3.8) is 0 Å². The Balaban J connectivity index is 1.67. The third kappa shape index (κ3) is 6.46. The van der Waals surface area contributed by atoms with Crippen LogP contribution in [0.4, 0.5) is 18.9 Å². The van der Waals surface area contributed by atoms with E-state index in [-0.39, 0.29) is 12.2 Å². The molecular weight excluding hydrogens is 443 g/mol. The number of hydrogen-bond donors (Lipinski definition) is 1. The number of sulfonamides is 1. The van der Waals surface area contributed by atoms with Gasteiger partial charge in [0.25, 0.3) is 0 Å². The maximum Gasteiger partial charge on any atom is 0.416 e. The summed E-state index contributed by atoms with van der Waals surface area (Å²) < 4.78 is 63.5. The van der Waals surface area contributed by atoms with E-state index in [0.717, 1.165) is 65.6 Å². The summed E-state index contributed by atoms with van der Waals surface area (Å²) in [6, 6.07) is 11.4. The summed E-state index contributed by atoms with van der Waals surface area (Å²) in [5.74, 6) is -0.550. The largest absolute Gasteiger partial charge is 0.416 e. The highest BCUT2D eigenvalue weighted by Crippen LogP contribution is 2.31. The molecule has 174 valence electrons. The van der Waals surface area contributed by atoms with Crippen molar-refractivity contribution in [2.45, 2.75) is 32.1 Å². The number of nitrogens with zero attached hydrogens (tertiary/aromatic N) is 2. The van der Waals surface area contributed by atoms with Gasteiger partial charge in [0, 0.05) is 13.1 Å². The number of alkyl halides is 3. The minimum Gasteiger partial charge on any atom is -0.350 e. The van der Waals surface area contributed by atoms with Crippen molar-refractivity contribution in [2.24, 2.45) is 0 Å². The average molecular weight is 470 g/mol. The lowest BCUT2D eigenvalue weighted by Crippen LogP contribution is -2.40. The Labute approximate surface area is 186 Å². The molecule has 3 rings (SSSR count). The number of amides is 1. The number of hydrogen-bond acceptors (Lipinski definition) is 4. The van der Waals surface area contributed by atoms with Crippen molar-refractivity contribution in [3.05, 3.63) is 65.2 Å². The second kappa shape index (κ2) is 9.91. The van der Waals surface area contributed by atoms with E-state index in [0.29, 0.717) is 0 Å². The second-order valence-electron chi connectivity index (χ2n) is 7.84. The van der Waals surface area contributed by atoms with Gasteiger partial charge in [-0.25, -0.2) is 8.42 Å². The summed E-state index contributed by atoms with van der Waals surface area (Å²) in [4.78, 5) is 14.9. The van der Waals surface area contributed by atoms with Crippen LogP contribution in [0.5, 0.6) is 0 Å². The number of benzene rings is 2. The summed E-state index contributed by atoms with van der Waals surface area (Å²) in [7, 11) is -3.88. The quantitative estimate of drug-likeness (QED) is 0.644. The number of likely N-dealkylation sites (tertiary alicyclic amines) is 1. The topological polar surface area (TPSA) is 69.7 Å². The van der Waals surface area contributed by atoms with Gasteiger partial charge in [0.05, 0.1) is 17.5 Å². The van der Waals surface area contributed by atoms with Crippen molar-refractivity contribution in [2.75, 3.05) is 30.2 Å². The average Bonchev–Trinajstić information content (AvgIpc) is 3.23. The highest BCUT2D eigenvalue weighted by atomic mass is 32.2. The van der Waals surface area contributed by atoms with Gasteiger partial charge in [0.2, 0.25) is 15.9 Å². The van der Waals surface area contributed by atoms with Gasteiger partial charge in [0.1, 0.15) is 6.54 Å². The second-order valence-corrected chi connectivity index (χ2v) is 9.75. The van der Waals surface area contributed by atoms with Gasteiger partial charge in [-0.2, -0.15) is 13.2 Å². The first-order chi connectivity index (χ1) is 15.0. The molecule has 0 saturated carbocycles. The van der Waals surface area contributed by atoms with E-state index < -0.39 is 34.2 Å². The number of anilines is 1. The molecule has 1 saturated heterocycles. The third-order valence-electron chi connectivity index (χ3n) is 5.36. The lowest BCUT2D eigenvalue weighted by molar-refractivity contribution is -0.137. The Morgan fingerprint density at radius 3 is 2.19 bits per heavy atom. The Hall–Kier alpha value is -2.59. The summed E-state index contributed by atoms with van der Waals surface area (Å²) in [5.41, 5.74) is 1.13. The molecule has 1 aliphatic heterocycles. The predicted molar refractivity (Wildman–Crippen MR) is 116 cm³/mol. The van der Waals surface area contributed by atoms with Crippen LogP contribution in [0.15, 0.2) is 48.5 Å². The molecule has 6 nitrogen and oxygen atoms in total. The van der Waals surface area contributed by atoms with Crippen LogP contribution in [0.25, 0.3) is 0 Å². The zero-order chi connectivity index (χ0) is 23.4. The Kier molecular flexibility index (Phi) is 7.45. The lowest BCUT2D eigenvalue weighted by Gasteiger charge is -2.23. The van der Waals surface area contributed by atoms with Crippen molar-refractivity contribution in [1.29, 1.82) is 0 Å². The summed E-state index contributed by atoms with van der Waals surface area (Å²) in [5, 5.41) is 2.73. The zero-order valence-electron chi connectivity index (χ0n) is 17.7. The van der Waals surface area contributed by atoms with E-state index in [4.69, 9.17) is 0 Å². The first kappa shape index (κ1) is 24.1. The fourth-order valence-corrected chi connectivity index (χ4v) is 4.52. The van der Waals surface area contributed by atoms with Crippen molar-refractivity contribution >= 4 is 21.6 Å². The number of halogens is 3. The van der Waals surface area contributed by atoms with E-state index in [1.807, 2.05) is 24.3 Å². The van der Waals surface area contributed by atoms with Gasteiger partial charge in [0.15, 0.2) is 0 Å². The fourth-order valence-electron chi connectivity index (χ4n) is 3.66. The Morgan fingerprint density at radius 2 is 1.62 bits per heavy atom. The van der Waals surface area contributed by atoms with Crippen molar-refractivity contribution in [3.8, 4) is 0 Å². The van der Waals surface area contributed by atoms with Gasteiger partial charge >= 0.3 is 6.18 Å². The number of nitrogens with one attached hydrogen (secondary N) is 1. The molecule has 0 aliphatic carbocycles. The lowest BCUT2D eigenvalue weighted by atomic mass is 10.1. The predicted octanol–water partition coefficient (Wildman–Crippen LogP) is 3.38. The van der Waals surface area contributed by atoms with Crippen LogP contribution in [0, 0.1) is 0 Å². The molecule has 2 aromatic rings. The van der Waals surface area contributed by atoms with Gasteiger partial charge in [-0.15, -0.1) is 0 Å². The molecule has 2 aromatic carbocycles. The number of carbonyl (C=O) groups is 1.